The number of rotatable bonds is 5. The predicted octanol–water partition coefficient (Wildman–Crippen LogP) is 4.98. The highest BCUT2D eigenvalue weighted by Crippen LogP contribution is 2.31. The van der Waals surface area contributed by atoms with Crippen molar-refractivity contribution in [3.05, 3.63) is 58.1 Å². The first-order chi connectivity index (χ1) is 9.97. The van der Waals surface area contributed by atoms with Crippen molar-refractivity contribution in [2.24, 2.45) is 0 Å². The summed E-state index contributed by atoms with van der Waals surface area (Å²) < 4.78 is 5.93. The number of benzene rings is 2. The van der Waals surface area contributed by atoms with Gasteiger partial charge in [-0.25, -0.2) is 0 Å². The molecular formula is C18H22ClNO. The average Bonchev–Trinajstić information content (AvgIpc) is 2.43. The van der Waals surface area contributed by atoms with Crippen molar-refractivity contribution in [2.45, 2.75) is 33.1 Å². The number of hydrogen-bond acceptors (Lipinski definition) is 2. The molecule has 0 unspecified atom stereocenters. The lowest BCUT2D eigenvalue weighted by molar-refractivity contribution is 0.319. The molecule has 0 bridgehead atoms. The quantitative estimate of drug-likeness (QED) is 0.791. The van der Waals surface area contributed by atoms with Gasteiger partial charge in [-0.05, 0) is 53.8 Å². The van der Waals surface area contributed by atoms with E-state index in [0.717, 1.165) is 34.0 Å². The van der Waals surface area contributed by atoms with Crippen LogP contribution in [-0.2, 0) is 6.42 Å². The summed E-state index contributed by atoms with van der Waals surface area (Å²) in [6.07, 6.45) is 0.860. The zero-order valence-electron chi connectivity index (χ0n) is 12.8. The Labute approximate surface area is 131 Å². The van der Waals surface area contributed by atoms with Crippen molar-refractivity contribution < 1.29 is 4.74 Å². The molecule has 0 aliphatic rings. The maximum absolute atomic E-state index is 6.27. The molecule has 0 fully saturated rings. The highest BCUT2D eigenvalue weighted by atomic mass is 35.5. The van der Waals surface area contributed by atoms with Crippen LogP contribution in [-0.4, -0.2) is 6.61 Å². The summed E-state index contributed by atoms with van der Waals surface area (Å²) in [5, 5.41) is 0.813. The number of nitrogens with two attached hydrogens (primary N) is 1. The average molecular weight is 304 g/mol. The molecule has 2 nitrogen and oxygen atoms in total. The van der Waals surface area contributed by atoms with Crippen LogP contribution < -0.4 is 10.5 Å². The summed E-state index contributed by atoms with van der Waals surface area (Å²) in [7, 11) is 0. The molecule has 0 saturated heterocycles. The molecule has 112 valence electrons. The number of halogens is 1. The number of hydrogen-bond donors (Lipinski definition) is 1. The van der Waals surface area contributed by atoms with Gasteiger partial charge >= 0.3 is 0 Å². The van der Waals surface area contributed by atoms with Crippen LogP contribution in [0.1, 0.15) is 36.5 Å². The maximum Gasteiger partial charge on any atom is 0.122 e. The van der Waals surface area contributed by atoms with Crippen molar-refractivity contribution in [3.8, 4) is 5.75 Å². The van der Waals surface area contributed by atoms with Crippen molar-refractivity contribution in [1.82, 2.24) is 0 Å². The van der Waals surface area contributed by atoms with Crippen LogP contribution in [0.25, 0.3) is 0 Å². The minimum atomic E-state index is 0.387. The Hall–Kier alpha value is -1.67. The van der Waals surface area contributed by atoms with Gasteiger partial charge in [0, 0.05) is 17.1 Å². The highest BCUT2D eigenvalue weighted by Gasteiger charge is 2.10. The van der Waals surface area contributed by atoms with Gasteiger partial charge in [-0.15, -0.1) is 0 Å². The molecular weight excluding hydrogens is 282 g/mol. The molecule has 0 spiro atoms. The molecule has 2 aromatic rings. The first kappa shape index (κ1) is 15.7. The fourth-order valence-corrected chi connectivity index (χ4v) is 2.67. The summed E-state index contributed by atoms with van der Waals surface area (Å²) in [5.41, 5.74) is 9.89. The van der Waals surface area contributed by atoms with Crippen molar-refractivity contribution in [2.75, 3.05) is 12.3 Å². The van der Waals surface area contributed by atoms with Crippen LogP contribution in [0.5, 0.6) is 5.75 Å². The molecule has 0 aliphatic heterocycles. The molecule has 2 N–H and O–H groups in total. The largest absolute Gasteiger partial charge is 0.493 e. The monoisotopic (exact) mass is 303 g/mol. The van der Waals surface area contributed by atoms with Gasteiger partial charge in [-0.1, -0.05) is 37.6 Å². The van der Waals surface area contributed by atoms with Gasteiger partial charge in [-0.3, -0.25) is 0 Å². The van der Waals surface area contributed by atoms with Crippen LogP contribution in [0.15, 0.2) is 36.4 Å². The van der Waals surface area contributed by atoms with E-state index in [1.807, 2.05) is 37.3 Å². The molecule has 0 amide bonds. The number of anilines is 1. The van der Waals surface area contributed by atoms with E-state index in [0.29, 0.717) is 12.5 Å². The zero-order valence-corrected chi connectivity index (χ0v) is 13.6. The van der Waals surface area contributed by atoms with Crippen molar-refractivity contribution in [1.29, 1.82) is 0 Å². The van der Waals surface area contributed by atoms with E-state index in [2.05, 4.69) is 19.9 Å². The first-order valence-corrected chi connectivity index (χ1v) is 7.62. The van der Waals surface area contributed by atoms with Gasteiger partial charge in [0.25, 0.3) is 0 Å². The summed E-state index contributed by atoms with van der Waals surface area (Å²) in [4.78, 5) is 0. The maximum atomic E-state index is 6.27. The highest BCUT2D eigenvalue weighted by molar-refractivity contribution is 6.31. The van der Waals surface area contributed by atoms with Gasteiger partial charge < -0.3 is 10.5 Å². The van der Waals surface area contributed by atoms with E-state index in [4.69, 9.17) is 22.1 Å². The third kappa shape index (κ3) is 4.15. The molecule has 0 radical (unpaired) electrons. The Morgan fingerprint density at radius 1 is 1.14 bits per heavy atom. The van der Waals surface area contributed by atoms with Gasteiger partial charge in [0.05, 0.1) is 6.61 Å². The fraction of sp³-hybridized carbons (Fsp3) is 0.333. The Morgan fingerprint density at radius 3 is 2.43 bits per heavy atom. The lowest BCUT2D eigenvalue weighted by atomic mass is 10.0. The van der Waals surface area contributed by atoms with Crippen molar-refractivity contribution >= 4 is 17.3 Å². The Morgan fingerprint density at radius 2 is 1.81 bits per heavy atom. The molecule has 2 rings (SSSR count). The fourth-order valence-electron chi connectivity index (χ4n) is 2.23. The van der Waals surface area contributed by atoms with Gasteiger partial charge in [0.1, 0.15) is 5.75 Å². The standard InChI is InChI=1S/C18H22ClNO/c1-12(2)16-11-18(13(3)10-17(16)19)21-9-8-14-4-6-15(20)7-5-14/h4-7,10-12H,8-9,20H2,1-3H3. The Kier molecular flexibility index (Phi) is 5.13. The predicted molar refractivity (Wildman–Crippen MR) is 90.3 cm³/mol. The molecule has 0 saturated carbocycles. The van der Waals surface area contributed by atoms with E-state index in [9.17, 15) is 0 Å². The second kappa shape index (κ2) is 6.86. The first-order valence-electron chi connectivity index (χ1n) is 7.24. The van der Waals surface area contributed by atoms with Gasteiger partial charge in [-0.2, -0.15) is 0 Å². The molecule has 0 aromatic heterocycles. The summed E-state index contributed by atoms with van der Waals surface area (Å²) >= 11 is 6.27. The molecule has 3 heteroatoms. The van der Waals surface area contributed by atoms with E-state index >= 15 is 0 Å². The van der Waals surface area contributed by atoms with E-state index in [1.165, 1.54) is 5.56 Å². The molecule has 0 aliphatic carbocycles. The minimum absolute atomic E-state index is 0.387. The van der Waals surface area contributed by atoms with E-state index < -0.39 is 0 Å². The smallest absolute Gasteiger partial charge is 0.122 e. The molecule has 0 atom stereocenters. The van der Waals surface area contributed by atoms with Crippen LogP contribution in [0.2, 0.25) is 5.02 Å². The van der Waals surface area contributed by atoms with Crippen LogP contribution in [0.4, 0.5) is 5.69 Å². The second-order valence-corrected chi connectivity index (χ2v) is 6.04. The van der Waals surface area contributed by atoms with E-state index in [-0.39, 0.29) is 0 Å². The number of aryl methyl sites for hydroxylation is 1. The summed E-state index contributed by atoms with van der Waals surface area (Å²) in [6, 6.07) is 11.9. The van der Waals surface area contributed by atoms with Crippen LogP contribution >= 0.6 is 11.6 Å². The Balaban J connectivity index is 2.02. The number of nitrogen functional groups attached to an aromatic ring is 1. The second-order valence-electron chi connectivity index (χ2n) is 5.63. The lowest BCUT2D eigenvalue weighted by Gasteiger charge is -2.14. The van der Waals surface area contributed by atoms with Gasteiger partial charge in [0.2, 0.25) is 0 Å². The lowest BCUT2D eigenvalue weighted by Crippen LogP contribution is -2.04. The SMILES string of the molecule is Cc1cc(Cl)c(C(C)C)cc1OCCc1ccc(N)cc1. The molecule has 2 aromatic carbocycles. The third-order valence-corrected chi connectivity index (χ3v) is 3.87. The summed E-state index contributed by atoms with van der Waals surface area (Å²) in [5.74, 6) is 1.30. The number of ether oxygens (including phenoxy) is 1. The zero-order chi connectivity index (χ0) is 15.4. The van der Waals surface area contributed by atoms with Gasteiger partial charge in [0.15, 0.2) is 0 Å². The Bertz CT molecular complexity index is 605. The van der Waals surface area contributed by atoms with Crippen LogP contribution in [0, 0.1) is 6.92 Å². The third-order valence-electron chi connectivity index (χ3n) is 3.54. The molecule has 0 heterocycles. The topological polar surface area (TPSA) is 35.2 Å². The summed E-state index contributed by atoms with van der Waals surface area (Å²) in [6.45, 7) is 6.93. The van der Waals surface area contributed by atoms with E-state index in [1.54, 1.807) is 0 Å². The van der Waals surface area contributed by atoms with Crippen molar-refractivity contribution in [3.63, 3.8) is 0 Å². The van der Waals surface area contributed by atoms with Crippen LogP contribution in [0.3, 0.4) is 0 Å². The minimum Gasteiger partial charge on any atom is -0.493 e. The molecule has 21 heavy (non-hydrogen) atoms. The normalized spacial score (nSPS) is 10.9.